The molecular weight excluding hydrogens is 258 g/mol. The van der Waals surface area contributed by atoms with Gasteiger partial charge in [-0.05, 0) is 25.7 Å². The second-order valence-electron chi connectivity index (χ2n) is 7.07. The molecule has 0 aromatic rings. The molecular formula is C15H24NO4+. The van der Waals surface area contributed by atoms with Crippen molar-refractivity contribution in [1.82, 2.24) is 0 Å². The van der Waals surface area contributed by atoms with Crippen LogP contribution in [0, 0.1) is 23.7 Å². The van der Waals surface area contributed by atoms with Crippen LogP contribution in [0.2, 0.25) is 0 Å². The van der Waals surface area contributed by atoms with Crippen molar-refractivity contribution in [3.8, 4) is 0 Å². The molecule has 0 unspecified atom stereocenters. The van der Waals surface area contributed by atoms with Gasteiger partial charge in [0.25, 0.3) is 0 Å². The number of fused-ring (bicyclic) bond motifs is 1. The highest BCUT2D eigenvalue weighted by atomic mass is 16.6. The van der Waals surface area contributed by atoms with Gasteiger partial charge in [0.15, 0.2) is 0 Å². The van der Waals surface area contributed by atoms with E-state index in [-0.39, 0.29) is 35.8 Å². The molecule has 0 radical (unpaired) electrons. The number of carbonyl (C=O) groups excluding carboxylic acids is 2. The molecule has 2 aliphatic carbocycles. The number of ether oxygens (including phenoxy) is 2. The third kappa shape index (κ3) is 2.12. The van der Waals surface area contributed by atoms with Crippen LogP contribution in [0.5, 0.6) is 0 Å². The van der Waals surface area contributed by atoms with Crippen molar-refractivity contribution in [2.24, 2.45) is 23.7 Å². The molecule has 20 heavy (non-hydrogen) atoms. The Labute approximate surface area is 119 Å². The maximum absolute atomic E-state index is 12.3. The fraction of sp³-hybridized carbons (Fsp3) is 0.867. The van der Waals surface area contributed by atoms with Crippen LogP contribution in [0.3, 0.4) is 0 Å². The van der Waals surface area contributed by atoms with E-state index in [1.807, 2.05) is 0 Å². The Morgan fingerprint density at radius 3 is 2.85 bits per heavy atom. The van der Waals surface area contributed by atoms with Gasteiger partial charge in [-0.3, -0.25) is 9.59 Å². The van der Waals surface area contributed by atoms with Gasteiger partial charge in [0.1, 0.15) is 19.3 Å². The normalized spacial score (nSPS) is 38.1. The second-order valence-corrected chi connectivity index (χ2v) is 7.07. The summed E-state index contributed by atoms with van der Waals surface area (Å²) < 4.78 is 11.6. The fourth-order valence-corrected chi connectivity index (χ4v) is 3.97. The van der Waals surface area contributed by atoms with Crippen LogP contribution in [-0.4, -0.2) is 56.3 Å². The Morgan fingerprint density at radius 1 is 1.40 bits per heavy atom. The summed E-state index contributed by atoms with van der Waals surface area (Å²) in [6.45, 7) is 4.36. The number of nitrogens with zero attached hydrogens (tertiary/aromatic N) is 1. The molecule has 1 saturated heterocycles. The molecule has 3 aliphatic rings. The molecule has 5 nitrogen and oxygen atoms in total. The molecule has 2 saturated carbocycles. The summed E-state index contributed by atoms with van der Waals surface area (Å²) in [5.41, 5.74) is 0. The molecule has 0 aromatic carbocycles. The molecule has 3 rings (SSSR count). The summed E-state index contributed by atoms with van der Waals surface area (Å²) in [4.78, 5) is 24.2. The zero-order valence-corrected chi connectivity index (χ0v) is 12.5. The highest BCUT2D eigenvalue weighted by Gasteiger charge is 2.64. The lowest BCUT2D eigenvalue weighted by molar-refractivity contribution is -0.888. The number of rotatable bonds is 5. The molecule has 0 N–H and O–H groups in total. The third-order valence-electron chi connectivity index (χ3n) is 5.55. The van der Waals surface area contributed by atoms with Crippen molar-refractivity contribution in [3.63, 3.8) is 0 Å². The third-order valence-corrected chi connectivity index (χ3v) is 5.55. The standard InChI is InChI=1S/C15H24NO4/c1-4-16(2,3)5-6-19-14(17)12-9-7-10-11(8-9)20-15(18)13(10)12/h9-13H,4-8H2,1-3H3/q+1/t9-,10+,11-,12+,13+/m1/s1. The number of hydrogen-bond acceptors (Lipinski definition) is 4. The predicted octanol–water partition coefficient (Wildman–Crippen LogP) is 0.824. The Bertz CT molecular complexity index is 432. The summed E-state index contributed by atoms with van der Waals surface area (Å²) in [7, 11) is 4.23. The maximum atomic E-state index is 12.3. The van der Waals surface area contributed by atoms with Crippen LogP contribution in [0.15, 0.2) is 0 Å². The van der Waals surface area contributed by atoms with E-state index < -0.39 is 0 Å². The van der Waals surface area contributed by atoms with Crippen molar-refractivity contribution >= 4 is 11.9 Å². The highest BCUT2D eigenvalue weighted by molar-refractivity contribution is 5.85. The SMILES string of the molecule is CC[N+](C)(C)CCOC(=O)[C@H]1[C@@H]2C[C@@H]3[C@@H]1C(=O)O[C@@H]3C2. The van der Waals surface area contributed by atoms with Gasteiger partial charge in [0.2, 0.25) is 0 Å². The summed E-state index contributed by atoms with van der Waals surface area (Å²) in [6.07, 6.45) is 1.89. The van der Waals surface area contributed by atoms with Gasteiger partial charge in [-0.2, -0.15) is 0 Å². The summed E-state index contributed by atoms with van der Waals surface area (Å²) in [5.74, 6) is -0.263. The van der Waals surface area contributed by atoms with Gasteiger partial charge in [0.05, 0.1) is 32.5 Å². The smallest absolute Gasteiger partial charge is 0.310 e. The van der Waals surface area contributed by atoms with E-state index in [2.05, 4.69) is 21.0 Å². The molecule has 112 valence electrons. The largest absolute Gasteiger partial charge is 0.462 e. The van der Waals surface area contributed by atoms with Crippen LogP contribution in [0.25, 0.3) is 0 Å². The predicted molar refractivity (Wildman–Crippen MR) is 71.5 cm³/mol. The Hall–Kier alpha value is -1.10. The quantitative estimate of drug-likeness (QED) is 0.553. The highest BCUT2D eigenvalue weighted by Crippen LogP contribution is 2.57. The molecule has 3 fully saturated rings. The average molecular weight is 282 g/mol. The van der Waals surface area contributed by atoms with Crippen LogP contribution < -0.4 is 0 Å². The van der Waals surface area contributed by atoms with Gasteiger partial charge < -0.3 is 14.0 Å². The molecule has 2 bridgehead atoms. The molecule has 5 atom stereocenters. The van der Waals surface area contributed by atoms with Crippen molar-refractivity contribution < 1.29 is 23.5 Å². The number of hydrogen-bond donors (Lipinski definition) is 0. The summed E-state index contributed by atoms with van der Waals surface area (Å²) in [6, 6.07) is 0. The minimum atomic E-state index is -0.247. The molecule has 0 aromatic heterocycles. The summed E-state index contributed by atoms with van der Waals surface area (Å²) in [5, 5.41) is 0. The Morgan fingerprint density at radius 2 is 2.15 bits per heavy atom. The lowest BCUT2D eigenvalue weighted by Gasteiger charge is -2.28. The molecule has 1 heterocycles. The van der Waals surface area contributed by atoms with Crippen molar-refractivity contribution in [2.45, 2.75) is 25.9 Å². The second kappa shape index (κ2) is 4.72. The van der Waals surface area contributed by atoms with E-state index >= 15 is 0 Å². The van der Waals surface area contributed by atoms with Crippen LogP contribution in [0.1, 0.15) is 19.8 Å². The van der Waals surface area contributed by atoms with Gasteiger partial charge in [-0.15, -0.1) is 0 Å². The van der Waals surface area contributed by atoms with Gasteiger partial charge in [-0.25, -0.2) is 0 Å². The molecule has 5 heteroatoms. The van der Waals surface area contributed by atoms with Crippen molar-refractivity contribution in [2.75, 3.05) is 33.8 Å². The number of esters is 2. The van der Waals surface area contributed by atoms with Crippen LogP contribution >= 0.6 is 0 Å². The first kappa shape index (κ1) is 13.9. The van der Waals surface area contributed by atoms with Gasteiger partial charge >= 0.3 is 11.9 Å². The zero-order valence-electron chi connectivity index (χ0n) is 12.5. The minimum absolute atomic E-state index is 0.0808. The van der Waals surface area contributed by atoms with Crippen molar-refractivity contribution in [3.05, 3.63) is 0 Å². The zero-order chi connectivity index (χ0) is 14.5. The van der Waals surface area contributed by atoms with E-state index in [1.165, 1.54) is 0 Å². The molecule has 1 aliphatic heterocycles. The lowest BCUT2D eigenvalue weighted by Crippen LogP contribution is -2.43. The van der Waals surface area contributed by atoms with Crippen LogP contribution in [-0.2, 0) is 19.1 Å². The lowest BCUT2D eigenvalue weighted by atomic mass is 9.80. The maximum Gasteiger partial charge on any atom is 0.310 e. The van der Waals surface area contributed by atoms with E-state index in [0.29, 0.717) is 12.5 Å². The van der Waals surface area contributed by atoms with Gasteiger partial charge in [0, 0.05) is 5.92 Å². The Balaban J connectivity index is 1.57. The number of likely N-dealkylation sites (N-methyl/N-ethyl adjacent to an activating group) is 1. The van der Waals surface area contributed by atoms with Gasteiger partial charge in [-0.1, -0.05) is 0 Å². The number of quaternary nitrogens is 1. The van der Waals surface area contributed by atoms with E-state index in [9.17, 15) is 9.59 Å². The molecule has 0 amide bonds. The Kier molecular flexibility index (Phi) is 3.27. The van der Waals surface area contributed by atoms with E-state index in [4.69, 9.17) is 9.47 Å². The van der Waals surface area contributed by atoms with Crippen LogP contribution in [0.4, 0.5) is 0 Å². The molecule has 0 spiro atoms. The van der Waals surface area contributed by atoms with E-state index in [0.717, 1.165) is 30.4 Å². The summed E-state index contributed by atoms with van der Waals surface area (Å²) >= 11 is 0. The minimum Gasteiger partial charge on any atom is -0.462 e. The van der Waals surface area contributed by atoms with E-state index in [1.54, 1.807) is 0 Å². The monoisotopic (exact) mass is 282 g/mol. The first-order valence-corrected chi connectivity index (χ1v) is 7.62. The fourth-order valence-electron chi connectivity index (χ4n) is 3.97. The van der Waals surface area contributed by atoms with Crippen molar-refractivity contribution in [1.29, 1.82) is 0 Å². The topological polar surface area (TPSA) is 52.6 Å². The first-order chi connectivity index (χ1) is 9.43. The number of carbonyl (C=O) groups is 2. The average Bonchev–Trinajstić information content (AvgIpc) is 2.99. The first-order valence-electron chi connectivity index (χ1n) is 7.62.